The summed E-state index contributed by atoms with van der Waals surface area (Å²) in [6.07, 6.45) is -2.65. The first-order valence-electron chi connectivity index (χ1n) is 8.64. The summed E-state index contributed by atoms with van der Waals surface area (Å²) in [5, 5.41) is 0. The summed E-state index contributed by atoms with van der Waals surface area (Å²) in [6, 6.07) is 14.1. The fourth-order valence-electron chi connectivity index (χ4n) is 2.73. The molecule has 3 nitrogen and oxygen atoms in total. The van der Waals surface area contributed by atoms with Crippen molar-refractivity contribution in [1.29, 1.82) is 0 Å². The molecular weight excluding hydrogens is 337 g/mol. The fraction of sp³-hybridized carbons (Fsp3) is 0.400. The van der Waals surface area contributed by atoms with E-state index in [0.29, 0.717) is 5.46 Å². The van der Waals surface area contributed by atoms with Crippen molar-refractivity contribution >= 4 is 12.6 Å². The minimum Gasteiger partial charge on any atom is -0.488 e. The van der Waals surface area contributed by atoms with E-state index in [1.165, 1.54) is 6.07 Å². The molecule has 1 heterocycles. The van der Waals surface area contributed by atoms with Crippen LogP contribution in [-0.4, -0.2) is 18.3 Å². The van der Waals surface area contributed by atoms with E-state index in [2.05, 4.69) is 0 Å². The lowest BCUT2D eigenvalue weighted by molar-refractivity contribution is 0.00578. The fourth-order valence-corrected chi connectivity index (χ4v) is 2.73. The maximum absolute atomic E-state index is 13.6. The predicted molar refractivity (Wildman–Crippen MR) is 97.9 cm³/mol. The number of halogens is 2. The second kappa shape index (κ2) is 7.01. The molecule has 0 radical (unpaired) electrons. The highest BCUT2D eigenvalue weighted by Gasteiger charge is 2.51. The van der Waals surface area contributed by atoms with E-state index in [4.69, 9.17) is 14.0 Å². The van der Waals surface area contributed by atoms with Crippen molar-refractivity contribution in [1.82, 2.24) is 0 Å². The molecule has 6 heteroatoms. The first-order valence-corrected chi connectivity index (χ1v) is 8.64. The van der Waals surface area contributed by atoms with E-state index < -0.39 is 24.7 Å². The van der Waals surface area contributed by atoms with Gasteiger partial charge in [-0.1, -0.05) is 36.4 Å². The van der Waals surface area contributed by atoms with Gasteiger partial charge in [-0.15, -0.1) is 0 Å². The van der Waals surface area contributed by atoms with Gasteiger partial charge in [0.25, 0.3) is 6.43 Å². The zero-order chi connectivity index (χ0) is 18.9. The van der Waals surface area contributed by atoms with Crippen LogP contribution in [0.15, 0.2) is 48.5 Å². The number of ether oxygens (including phenoxy) is 1. The normalized spacial score (nSPS) is 18.3. The summed E-state index contributed by atoms with van der Waals surface area (Å²) in [4.78, 5) is 0. The van der Waals surface area contributed by atoms with E-state index in [0.717, 1.165) is 5.56 Å². The van der Waals surface area contributed by atoms with Crippen molar-refractivity contribution in [2.75, 3.05) is 0 Å². The SMILES string of the molecule is CC1(C)OB(c2ccc(OCc3ccccc3)c(C(F)F)c2)OC1(C)C. The molecule has 1 saturated heterocycles. The molecule has 1 aliphatic heterocycles. The minimum atomic E-state index is -2.65. The third kappa shape index (κ3) is 3.76. The summed E-state index contributed by atoms with van der Waals surface area (Å²) < 4.78 is 44.6. The number of hydrogen-bond acceptors (Lipinski definition) is 3. The Balaban J connectivity index is 1.81. The van der Waals surface area contributed by atoms with Gasteiger partial charge in [-0.2, -0.15) is 0 Å². The molecule has 2 aromatic rings. The highest BCUT2D eigenvalue weighted by Crippen LogP contribution is 2.37. The Hall–Kier alpha value is -1.92. The van der Waals surface area contributed by atoms with Crippen molar-refractivity contribution in [2.24, 2.45) is 0 Å². The average Bonchev–Trinajstić information content (AvgIpc) is 2.81. The molecule has 3 rings (SSSR count). The van der Waals surface area contributed by atoms with Gasteiger partial charge in [-0.25, -0.2) is 8.78 Å². The molecule has 0 atom stereocenters. The van der Waals surface area contributed by atoms with Gasteiger partial charge in [-0.05, 0) is 50.9 Å². The lowest BCUT2D eigenvalue weighted by Crippen LogP contribution is -2.41. The van der Waals surface area contributed by atoms with Crippen LogP contribution < -0.4 is 10.2 Å². The first-order chi connectivity index (χ1) is 12.2. The Kier molecular flexibility index (Phi) is 5.08. The summed E-state index contributed by atoms with van der Waals surface area (Å²) >= 11 is 0. The molecule has 138 valence electrons. The van der Waals surface area contributed by atoms with Gasteiger partial charge in [0.05, 0.1) is 16.8 Å². The monoisotopic (exact) mass is 360 g/mol. The van der Waals surface area contributed by atoms with Crippen LogP contribution in [0.25, 0.3) is 0 Å². The molecule has 26 heavy (non-hydrogen) atoms. The van der Waals surface area contributed by atoms with Crippen LogP contribution in [0.2, 0.25) is 0 Å². The molecule has 0 saturated carbocycles. The lowest BCUT2D eigenvalue weighted by Gasteiger charge is -2.32. The number of rotatable bonds is 5. The average molecular weight is 360 g/mol. The van der Waals surface area contributed by atoms with E-state index >= 15 is 0 Å². The molecule has 0 bridgehead atoms. The molecular formula is C20H23BF2O3. The highest BCUT2D eigenvalue weighted by atomic mass is 19.3. The van der Waals surface area contributed by atoms with Gasteiger partial charge in [0, 0.05) is 0 Å². The topological polar surface area (TPSA) is 27.7 Å². The molecule has 0 aromatic heterocycles. The Morgan fingerprint density at radius 2 is 1.58 bits per heavy atom. The van der Waals surface area contributed by atoms with E-state index in [1.54, 1.807) is 12.1 Å². The van der Waals surface area contributed by atoms with Crippen LogP contribution >= 0.6 is 0 Å². The molecule has 1 aliphatic rings. The van der Waals surface area contributed by atoms with Crippen LogP contribution in [0.4, 0.5) is 8.78 Å². The van der Waals surface area contributed by atoms with Gasteiger partial charge in [-0.3, -0.25) is 0 Å². The Labute approximate surface area is 153 Å². The molecule has 2 aromatic carbocycles. The Morgan fingerprint density at radius 3 is 2.15 bits per heavy atom. The third-order valence-electron chi connectivity index (χ3n) is 5.03. The van der Waals surface area contributed by atoms with Crippen LogP contribution in [0, 0.1) is 0 Å². The van der Waals surface area contributed by atoms with Crippen LogP contribution in [-0.2, 0) is 15.9 Å². The molecule has 0 N–H and O–H groups in total. The second-order valence-corrected chi connectivity index (χ2v) is 7.46. The van der Waals surface area contributed by atoms with Crippen molar-refractivity contribution in [3.63, 3.8) is 0 Å². The summed E-state index contributed by atoms with van der Waals surface area (Å²) in [5.41, 5.74) is 0.276. The smallest absolute Gasteiger partial charge is 0.488 e. The quantitative estimate of drug-likeness (QED) is 0.735. The summed E-state index contributed by atoms with van der Waals surface area (Å²) in [5.74, 6) is 0.170. The molecule has 0 amide bonds. The maximum Gasteiger partial charge on any atom is 0.494 e. The molecule has 0 unspecified atom stereocenters. The summed E-state index contributed by atoms with van der Waals surface area (Å²) in [7, 11) is -0.680. The Bertz CT molecular complexity index is 747. The molecule has 0 spiro atoms. The highest BCUT2D eigenvalue weighted by molar-refractivity contribution is 6.62. The second-order valence-electron chi connectivity index (χ2n) is 7.46. The maximum atomic E-state index is 13.6. The van der Waals surface area contributed by atoms with E-state index in [9.17, 15) is 8.78 Å². The van der Waals surface area contributed by atoms with E-state index in [1.807, 2.05) is 58.0 Å². The van der Waals surface area contributed by atoms with Crippen molar-refractivity contribution in [3.05, 3.63) is 59.7 Å². The van der Waals surface area contributed by atoms with Crippen LogP contribution in [0.1, 0.15) is 45.2 Å². The van der Waals surface area contributed by atoms with Gasteiger partial charge in [0.2, 0.25) is 0 Å². The van der Waals surface area contributed by atoms with Gasteiger partial charge >= 0.3 is 7.12 Å². The standard InChI is InChI=1S/C20H23BF2O3/c1-19(2)20(3,4)26-21(25-19)15-10-11-17(16(12-15)18(22)23)24-13-14-8-6-5-7-9-14/h5-12,18H,13H2,1-4H3. The Morgan fingerprint density at radius 1 is 0.962 bits per heavy atom. The largest absolute Gasteiger partial charge is 0.494 e. The lowest BCUT2D eigenvalue weighted by atomic mass is 9.78. The third-order valence-corrected chi connectivity index (χ3v) is 5.03. The van der Waals surface area contributed by atoms with Gasteiger partial charge in [0.1, 0.15) is 12.4 Å². The number of alkyl halides is 2. The van der Waals surface area contributed by atoms with Crippen molar-refractivity contribution in [2.45, 2.75) is 51.9 Å². The first kappa shape index (κ1) is 18.9. The number of benzene rings is 2. The predicted octanol–water partition coefficient (Wildman–Crippen LogP) is 4.50. The summed E-state index contributed by atoms with van der Waals surface area (Å²) in [6.45, 7) is 7.95. The zero-order valence-electron chi connectivity index (χ0n) is 15.5. The van der Waals surface area contributed by atoms with Crippen molar-refractivity contribution < 1.29 is 22.8 Å². The zero-order valence-corrected chi connectivity index (χ0v) is 15.5. The van der Waals surface area contributed by atoms with Crippen molar-refractivity contribution in [3.8, 4) is 5.75 Å². The van der Waals surface area contributed by atoms with E-state index in [-0.39, 0.29) is 17.9 Å². The number of hydrogen-bond donors (Lipinski definition) is 0. The minimum absolute atomic E-state index is 0.159. The molecule has 0 aliphatic carbocycles. The van der Waals surface area contributed by atoms with Crippen LogP contribution in [0.3, 0.4) is 0 Å². The van der Waals surface area contributed by atoms with Crippen LogP contribution in [0.5, 0.6) is 5.75 Å². The van der Waals surface area contributed by atoms with Gasteiger partial charge < -0.3 is 14.0 Å². The van der Waals surface area contributed by atoms with Gasteiger partial charge in [0.15, 0.2) is 0 Å². The molecule has 1 fully saturated rings.